The maximum Gasteiger partial charge on any atom is 0.410 e. The van der Waals surface area contributed by atoms with Gasteiger partial charge in [-0.3, -0.25) is 14.5 Å². The van der Waals surface area contributed by atoms with Gasteiger partial charge in [0.05, 0.1) is 6.04 Å². The molecule has 1 aliphatic carbocycles. The Hall–Kier alpha value is -2.90. The molecule has 2 N–H and O–H groups in total. The summed E-state index contributed by atoms with van der Waals surface area (Å²) in [4.78, 5) is 51.1. The number of carbonyl (C=O) groups excluding carboxylic acids is 4. The number of benzene rings is 1. The van der Waals surface area contributed by atoms with Crippen molar-refractivity contribution < 1.29 is 23.9 Å². The topological polar surface area (TPSA) is 105 Å². The third kappa shape index (κ3) is 4.95. The highest BCUT2D eigenvalue weighted by molar-refractivity contribution is 5.88. The quantitative estimate of drug-likeness (QED) is 0.631. The van der Waals surface area contributed by atoms with E-state index in [1.807, 2.05) is 30.3 Å². The summed E-state index contributed by atoms with van der Waals surface area (Å²) in [5.74, 6) is -0.703. The van der Waals surface area contributed by atoms with Gasteiger partial charge in [0.1, 0.15) is 18.9 Å². The van der Waals surface area contributed by atoms with E-state index in [-0.39, 0.29) is 36.2 Å². The molecule has 0 bridgehead atoms. The first kappa shape index (κ1) is 22.3. The Balaban J connectivity index is 1.42. The fourth-order valence-corrected chi connectivity index (χ4v) is 5.38. The van der Waals surface area contributed by atoms with Crippen molar-refractivity contribution in [2.45, 2.75) is 63.6 Å². The molecule has 3 aliphatic rings. The number of amides is 3. The van der Waals surface area contributed by atoms with Gasteiger partial charge in [0.2, 0.25) is 11.8 Å². The predicted octanol–water partition coefficient (Wildman–Crippen LogP) is 2.17. The molecule has 2 saturated heterocycles. The van der Waals surface area contributed by atoms with Crippen LogP contribution in [0.2, 0.25) is 0 Å². The predicted molar refractivity (Wildman–Crippen MR) is 116 cm³/mol. The molecular weight excluding hydrogens is 410 g/mol. The summed E-state index contributed by atoms with van der Waals surface area (Å²) in [5.41, 5.74) is 0.822. The molecule has 1 aromatic carbocycles. The normalized spacial score (nSPS) is 24.9. The summed E-state index contributed by atoms with van der Waals surface area (Å²) in [6, 6.07) is 8.01. The van der Waals surface area contributed by atoms with Gasteiger partial charge in [-0.15, -0.1) is 0 Å². The summed E-state index contributed by atoms with van der Waals surface area (Å²) >= 11 is 0. The van der Waals surface area contributed by atoms with Gasteiger partial charge in [-0.2, -0.15) is 0 Å². The molecule has 1 aromatic rings. The number of rotatable bonds is 7. The van der Waals surface area contributed by atoms with E-state index in [0.717, 1.165) is 31.2 Å². The largest absolute Gasteiger partial charge is 0.445 e. The number of carbonyl (C=O) groups is 4. The Labute approximate surface area is 188 Å². The number of ether oxygens (including phenoxy) is 1. The molecule has 1 spiro atoms. The third-order valence-electron chi connectivity index (χ3n) is 7.11. The standard InChI is InChI=1S/C24H31N3O5/c28-14-19(12-18-8-11-25-21(18)29)26-22(30)20-13-24(9-4-5-10-24)16-27(20)23(31)32-15-17-6-2-1-3-7-17/h1-3,6-7,14,18-20H,4-5,8-13,15-16H2,(H,25,29)(H,26,30)/t18-,19-,20-/m0/s1. The molecule has 1 saturated carbocycles. The average Bonchev–Trinajstić information content (AvgIpc) is 3.53. The van der Waals surface area contributed by atoms with Crippen molar-refractivity contribution in [1.82, 2.24) is 15.5 Å². The van der Waals surface area contributed by atoms with Gasteiger partial charge in [0, 0.05) is 19.0 Å². The molecule has 2 aliphatic heterocycles. The van der Waals surface area contributed by atoms with E-state index in [2.05, 4.69) is 10.6 Å². The lowest BCUT2D eigenvalue weighted by molar-refractivity contribution is -0.128. The number of hydrogen-bond donors (Lipinski definition) is 2. The second-order valence-corrected chi connectivity index (χ2v) is 9.36. The average molecular weight is 442 g/mol. The van der Waals surface area contributed by atoms with Crippen molar-refractivity contribution in [2.24, 2.45) is 11.3 Å². The maximum absolute atomic E-state index is 13.2. The lowest BCUT2D eigenvalue weighted by Gasteiger charge is -2.25. The van der Waals surface area contributed by atoms with Crippen LogP contribution in [0.25, 0.3) is 0 Å². The molecule has 172 valence electrons. The minimum Gasteiger partial charge on any atom is -0.445 e. The molecule has 32 heavy (non-hydrogen) atoms. The Morgan fingerprint density at radius 1 is 1.25 bits per heavy atom. The summed E-state index contributed by atoms with van der Waals surface area (Å²) in [6.45, 7) is 1.23. The van der Waals surface area contributed by atoms with E-state index < -0.39 is 18.2 Å². The van der Waals surface area contributed by atoms with Crippen molar-refractivity contribution in [3.63, 3.8) is 0 Å². The van der Waals surface area contributed by atoms with Crippen LogP contribution >= 0.6 is 0 Å². The fraction of sp³-hybridized carbons (Fsp3) is 0.583. The molecule has 8 heteroatoms. The van der Waals surface area contributed by atoms with Gasteiger partial charge < -0.3 is 20.2 Å². The van der Waals surface area contributed by atoms with E-state index in [1.165, 1.54) is 4.90 Å². The molecule has 2 heterocycles. The zero-order valence-electron chi connectivity index (χ0n) is 18.3. The van der Waals surface area contributed by atoms with E-state index in [0.29, 0.717) is 32.2 Å². The zero-order valence-corrected chi connectivity index (χ0v) is 18.3. The van der Waals surface area contributed by atoms with Crippen LogP contribution in [0.5, 0.6) is 0 Å². The lowest BCUT2D eigenvalue weighted by atomic mass is 9.84. The van der Waals surface area contributed by atoms with Crippen LogP contribution < -0.4 is 10.6 Å². The highest BCUT2D eigenvalue weighted by Gasteiger charge is 2.50. The molecule has 3 amide bonds. The van der Waals surface area contributed by atoms with E-state index in [4.69, 9.17) is 4.74 Å². The van der Waals surface area contributed by atoms with Gasteiger partial charge in [-0.05, 0) is 43.1 Å². The maximum atomic E-state index is 13.2. The number of nitrogens with one attached hydrogen (secondary N) is 2. The minimum atomic E-state index is -0.751. The molecule has 0 aromatic heterocycles. The van der Waals surface area contributed by atoms with Gasteiger partial charge in [0.15, 0.2) is 0 Å². The SMILES string of the molecule is O=C[C@H](C[C@@H]1CCNC1=O)NC(=O)[C@@H]1CC2(CCCC2)CN1C(=O)OCc1ccccc1. The molecule has 8 nitrogen and oxygen atoms in total. The first-order valence-electron chi connectivity index (χ1n) is 11.5. The number of hydrogen-bond acceptors (Lipinski definition) is 5. The van der Waals surface area contributed by atoms with Crippen LogP contribution in [-0.4, -0.2) is 54.3 Å². The Morgan fingerprint density at radius 2 is 2.00 bits per heavy atom. The molecule has 0 unspecified atom stereocenters. The van der Waals surface area contributed by atoms with E-state index >= 15 is 0 Å². The molecule has 0 radical (unpaired) electrons. The third-order valence-corrected chi connectivity index (χ3v) is 7.11. The second kappa shape index (κ2) is 9.71. The van der Waals surface area contributed by atoms with Crippen LogP contribution in [0.4, 0.5) is 4.79 Å². The fourth-order valence-electron chi connectivity index (χ4n) is 5.38. The molecule has 3 fully saturated rings. The van der Waals surface area contributed by atoms with Crippen LogP contribution in [0.15, 0.2) is 30.3 Å². The highest BCUT2D eigenvalue weighted by atomic mass is 16.6. The van der Waals surface area contributed by atoms with Crippen molar-refractivity contribution in [3.8, 4) is 0 Å². The molecule has 3 atom stereocenters. The Kier molecular flexibility index (Phi) is 6.77. The van der Waals surface area contributed by atoms with Crippen LogP contribution in [0.3, 0.4) is 0 Å². The first-order valence-corrected chi connectivity index (χ1v) is 11.5. The highest BCUT2D eigenvalue weighted by Crippen LogP contribution is 2.48. The summed E-state index contributed by atoms with van der Waals surface area (Å²) in [5, 5.41) is 5.54. The lowest BCUT2D eigenvalue weighted by Crippen LogP contribution is -2.50. The molecular formula is C24H31N3O5. The van der Waals surface area contributed by atoms with Crippen molar-refractivity contribution in [3.05, 3.63) is 35.9 Å². The van der Waals surface area contributed by atoms with E-state index in [9.17, 15) is 19.2 Å². The second-order valence-electron chi connectivity index (χ2n) is 9.36. The zero-order chi connectivity index (χ0) is 22.6. The number of likely N-dealkylation sites (tertiary alicyclic amines) is 1. The Morgan fingerprint density at radius 3 is 2.66 bits per heavy atom. The van der Waals surface area contributed by atoms with Gasteiger partial charge in [-0.25, -0.2) is 4.79 Å². The summed E-state index contributed by atoms with van der Waals surface area (Å²) in [6.07, 6.45) is 5.84. The summed E-state index contributed by atoms with van der Waals surface area (Å²) < 4.78 is 5.53. The number of aldehydes is 1. The smallest absolute Gasteiger partial charge is 0.410 e. The van der Waals surface area contributed by atoms with Crippen molar-refractivity contribution in [2.75, 3.05) is 13.1 Å². The Bertz CT molecular complexity index is 852. The van der Waals surface area contributed by atoms with E-state index in [1.54, 1.807) is 0 Å². The van der Waals surface area contributed by atoms with Gasteiger partial charge in [0.25, 0.3) is 0 Å². The van der Waals surface area contributed by atoms with Crippen LogP contribution in [0.1, 0.15) is 50.5 Å². The number of nitrogens with zero attached hydrogens (tertiary/aromatic N) is 1. The minimum absolute atomic E-state index is 0.0597. The monoisotopic (exact) mass is 441 g/mol. The van der Waals surface area contributed by atoms with Crippen LogP contribution in [-0.2, 0) is 25.7 Å². The molecule has 4 rings (SSSR count). The summed E-state index contributed by atoms with van der Waals surface area (Å²) in [7, 11) is 0. The van der Waals surface area contributed by atoms with Crippen molar-refractivity contribution >= 4 is 24.2 Å². The first-order chi connectivity index (χ1) is 15.5. The van der Waals surface area contributed by atoms with Gasteiger partial charge >= 0.3 is 6.09 Å². The van der Waals surface area contributed by atoms with Gasteiger partial charge in [-0.1, -0.05) is 43.2 Å². The van der Waals surface area contributed by atoms with Crippen molar-refractivity contribution in [1.29, 1.82) is 0 Å². The van der Waals surface area contributed by atoms with Crippen LogP contribution in [0, 0.1) is 11.3 Å².